The molecule has 0 radical (unpaired) electrons. The molecule has 5 heteroatoms. The molecule has 2 nitrogen and oxygen atoms in total. The number of halogens is 2. The van der Waals surface area contributed by atoms with Crippen molar-refractivity contribution >= 4 is 48.9 Å². The van der Waals surface area contributed by atoms with Crippen molar-refractivity contribution in [3.63, 3.8) is 0 Å². The van der Waals surface area contributed by atoms with Crippen LogP contribution in [0.4, 0.5) is 5.69 Å². The second-order valence-electron chi connectivity index (χ2n) is 4.58. The van der Waals surface area contributed by atoms with Crippen molar-refractivity contribution in [3.05, 3.63) is 49.0 Å². The molecular formula is C14H16Br2N2S. The zero-order valence-corrected chi connectivity index (χ0v) is 14.8. The highest BCUT2D eigenvalue weighted by atomic mass is 79.9. The van der Waals surface area contributed by atoms with E-state index in [0.29, 0.717) is 0 Å². The summed E-state index contributed by atoms with van der Waals surface area (Å²) in [4.78, 5) is 3.56. The Morgan fingerprint density at radius 1 is 1.26 bits per heavy atom. The molecule has 0 aliphatic rings. The van der Waals surface area contributed by atoms with Crippen molar-refractivity contribution in [2.24, 2.45) is 5.73 Å². The molecule has 102 valence electrons. The minimum Gasteiger partial charge on any atom is -0.369 e. The largest absolute Gasteiger partial charge is 0.369 e. The van der Waals surface area contributed by atoms with E-state index < -0.39 is 0 Å². The van der Waals surface area contributed by atoms with Crippen LogP contribution >= 0.6 is 43.2 Å². The number of hydrogen-bond acceptors (Lipinski definition) is 3. The fourth-order valence-electron chi connectivity index (χ4n) is 1.99. The van der Waals surface area contributed by atoms with Crippen LogP contribution in [-0.2, 0) is 6.54 Å². The monoisotopic (exact) mass is 402 g/mol. The van der Waals surface area contributed by atoms with Crippen LogP contribution < -0.4 is 10.6 Å². The van der Waals surface area contributed by atoms with Gasteiger partial charge < -0.3 is 10.6 Å². The summed E-state index contributed by atoms with van der Waals surface area (Å²) in [6, 6.07) is 8.44. The molecule has 0 bridgehead atoms. The minimum atomic E-state index is 0.0284. The lowest BCUT2D eigenvalue weighted by molar-refractivity contribution is 0.802. The number of nitrogens with zero attached hydrogens (tertiary/aromatic N) is 1. The van der Waals surface area contributed by atoms with E-state index in [9.17, 15) is 0 Å². The number of anilines is 1. The normalized spacial score (nSPS) is 12.5. The van der Waals surface area contributed by atoms with Crippen molar-refractivity contribution < 1.29 is 0 Å². The molecule has 1 aromatic carbocycles. The zero-order valence-electron chi connectivity index (χ0n) is 10.9. The summed E-state index contributed by atoms with van der Waals surface area (Å²) in [5, 5.41) is 2.11. The Hall–Kier alpha value is -0.360. The third kappa shape index (κ3) is 3.81. The summed E-state index contributed by atoms with van der Waals surface area (Å²) in [7, 11) is 2.10. The zero-order chi connectivity index (χ0) is 14.0. The summed E-state index contributed by atoms with van der Waals surface area (Å²) in [6.45, 7) is 2.90. The molecule has 0 fully saturated rings. The molecule has 0 amide bonds. The average Bonchev–Trinajstić information content (AvgIpc) is 2.74. The van der Waals surface area contributed by atoms with Gasteiger partial charge in [0.2, 0.25) is 0 Å². The first-order chi connectivity index (χ1) is 8.97. The van der Waals surface area contributed by atoms with Crippen LogP contribution in [0.15, 0.2) is 38.6 Å². The van der Waals surface area contributed by atoms with Gasteiger partial charge in [0, 0.05) is 38.0 Å². The highest BCUT2D eigenvalue weighted by Gasteiger charge is 2.12. The number of hydrogen-bond donors (Lipinski definition) is 1. The van der Waals surface area contributed by atoms with Gasteiger partial charge in [-0.25, -0.2) is 0 Å². The Balaban J connectivity index is 2.27. The molecular weight excluding hydrogens is 388 g/mol. The number of thiophene rings is 1. The van der Waals surface area contributed by atoms with Crippen molar-refractivity contribution in [2.75, 3.05) is 11.9 Å². The Morgan fingerprint density at radius 3 is 2.58 bits per heavy atom. The van der Waals surface area contributed by atoms with Crippen molar-refractivity contribution in [1.82, 2.24) is 0 Å². The second kappa shape index (κ2) is 6.39. The quantitative estimate of drug-likeness (QED) is 0.783. The summed E-state index contributed by atoms with van der Waals surface area (Å²) >= 11 is 8.78. The SMILES string of the molecule is CC(N)c1ccc(Br)cc1N(C)Cc1cc(Br)cs1. The van der Waals surface area contributed by atoms with E-state index >= 15 is 0 Å². The Morgan fingerprint density at radius 2 is 2.00 bits per heavy atom. The molecule has 19 heavy (non-hydrogen) atoms. The third-order valence-corrected chi connectivity index (χ3v) is 5.08. The lowest BCUT2D eigenvalue weighted by atomic mass is 10.1. The Bertz CT molecular complexity index is 566. The van der Waals surface area contributed by atoms with E-state index in [1.54, 1.807) is 11.3 Å². The summed E-state index contributed by atoms with van der Waals surface area (Å²) in [6.07, 6.45) is 0. The van der Waals surface area contributed by atoms with Crippen LogP contribution in [0.5, 0.6) is 0 Å². The first-order valence-corrected chi connectivity index (χ1v) is 8.43. The van der Waals surface area contributed by atoms with Gasteiger partial charge in [-0.2, -0.15) is 0 Å². The van der Waals surface area contributed by atoms with Crippen LogP contribution in [0.25, 0.3) is 0 Å². The lowest BCUT2D eigenvalue weighted by Crippen LogP contribution is -2.19. The van der Waals surface area contributed by atoms with Gasteiger partial charge in [-0.3, -0.25) is 0 Å². The van der Waals surface area contributed by atoms with Gasteiger partial charge in [-0.05, 0) is 46.6 Å². The number of benzene rings is 1. The van der Waals surface area contributed by atoms with E-state index in [-0.39, 0.29) is 6.04 Å². The minimum absolute atomic E-state index is 0.0284. The number of nitrogens with two attached hydrogens (primary N) is 1. The van der Waals surface area contributed by atoms with Gasteiger partial charge in [0.15, 0.2) is 0 Å². The Kier molecular flexibility index (Phi) is 5.06. The van der Waals surface area contributed by atoms with Crippen molar-refractivity contribution in [1.29, 1.82) is 0 Å². The predicted octanol–water partition coefficient (Wildman–Crippen LogP) is 4.93. The van der Waals surface area contributed by atoms with E-state index in [4.69, 9.17) is 5.73 Å². The standard InChI is InChI=1S/C14H16Br2N2S/c1-9(17)13-4-3-10(15)6-14(13)18(2)7-12-5-11(16)8-19-12/h3-6,8-9H,7,17H2,1-2H3. The van der Waals surface area contributed by atoms with E-state index in [0.717, 1.165) is 15.5 Å². The number of rotatable bonds is 4. The third-order valence-electron chi connectivity index (χ3n) is 2.91. The van der Waals surface area contributed by atoms with Gasteiger partial charge in [-0.1, -0.05) is 22.0 Å². The van der Waals surface area contributed by atoms with Gasteiger partial charge in [0.05, 0.1) is 6.54 Å². The summed E-state index contributed by atoms with van der Waals surface area (Å²) in [5.41, 5.74) is 8.40. The predicted molar refractivity (Wildman–Crippen MR) is 90.9 cm³/mol. The maximum atomic E-state index is 6.05. The van der Waals surface area contributed by atoms with Gasteiger partial charge in [0.25, 0.3) is 0 Å². The Labute approximate surface area is 134 Å². The topological polar surface area (TPSA) is 29.3 Å². The molecule has 0 aliphatic carbocycles. The molecule has 1 aromatic heterocycles. The maximum absolute atomic E-state index is 6.05. The van der Waals surface area contributed by atoms with Crippen molar-refractivity contribution in [3.8, 4) is 0 Å². The fourth-order valence-corrected chi connectivity index (χ4v) is 3.84. The second-order valence-corrected chi connectivity index (χ2v) is 7.41. The molecule has 0 saturated carbocycles. The smallest absolute Gasteiger partial charge is 0.0520 e. The molecule has 1 atom stereocenters. The molecule has 0 aliphatic heterocycles. The molecule has 0 spiro atoms. The van der Waals surface area contributed by atoms with Crippen LogP contribution in [0.3, 0.4) is 0 Å². The van der Waals surface area contributed by atoms with Gasteiger partial charge in [-0.15, -0.1) is 11.3 Å². The van der Waals surface area contributed by atoms with Crippen LogP contribution in [0.1, 0.15) is 23.4 Å². The molecule has 2 N–H and O–H groups in total. The molecule has 2 rings (SSSR count). The van der Waals surface area contributed by atoms with E-state index in [1.165, 1.54) is 16.1 Å². The van der Waals surface area contributed by atoms with Crippen LogP contribution in [0.2, 0.25) is 0 Å². The fraction of sp³-hybridized carbons (Fsp3) is 0.286. The lowest BCUT2D eigenvalue weighted by Gasteiger charge is -2.24. The van der Waals surface area contributed by atoms with E-state index in [2.05, 4.69) is 67.4 Å². The van der Waals surface area contributed by atoms with E-state index in [1.807, 2.05) is 13.0 Å². The first kappa shape index (κ1) is 15.0. The van der Waals surface area contributed by atoms with Gasteiger partial charge >= 0.3 is 0 Å². The van der Waals surface area contributed by atoms with Crippen molar-refractivity contribution in [2.45, 2.75) is 19.5 Å². The maximum Gasteiger partial charge on any atom is 0.0520 e. The first-order valence-electron chi connectivity index (χ1n) is 5.96. The average molecular weight is 404 g/mol. The highest BCUT2D eigenvalue weighted by Crippen LogP contribution is 2.30. The van der Waals surface area contributed by atoms with Crippen LogP contribution in [-0.4, -0.2) is 7.05 Å². The summed E-state index contributed by atoms with van der Waals surface area (Å²) in [5.74, 6) is 0. The summed E-state index contributed by atoms with van der Waals surface area (Å²) < 4.78 is 2.22. The highest BCUT2D eigenvalue weighted by molar-refractivity contribution is 9.10. The molecule has 2 aromatic rings. The molecule has 0 saturated heterocycles. The van der Waals surface area contributed by atoms with Gasteiger partial charge in [0.1, 0.15) is 0 Å². The molecule has 1 unspecified atom stereocenters. The molecule has 1 heterocycles. The van der Waals surface area contributed by atoms with Crippen LogP contribution in [0, 0.1) is 0 Å².